The number of benzene rings is 2. The van der Waals surface area contributed by atoms with E-state index in [9.17, 15) is 9.18 Å². The second kappa shape index (κ2) is 7.58. The third-order valence-electron chi connectivity index (χ3n) is 3.92. The Labute approximate surface area is 154 Å². The third kappa shape index (κ3) is 3.55. The number of rotatable bonds is 5. The fourth-order valence-corrected chi connectivity index (χ4v) is 2.77. The first-order valence-corrected chi connectivity index (χ1v) is 8.14. The number of ether oxygens (including phenoxy) is 2. The van der Waals surface area contributed by atoms with Gasteiger partial charge >= 0.3 is 0 Å². The van der Waals surface area contributed by atoms with Gasteiger partial charge in [0.1, 0.15) is 5.82 Å². The molecular weight excluding hydrogens is 359 g/mol. The van der Waals surface area contributed by atoms with Crippen LogP contribution in [0, 0.1) is 5.82 Å². The Morgan fingerprint density at radius 1 is 1.08 bits per heavy atom. The van der Waals surface area contributed by atoms with Gasteiger partial charge in [-0.25, -0.2) is 9.07 Å². The van der Waals surface area contributed by atoms with Gasteiger partial charge in [-0.15, -0.1) is 0 Å². The smallest absolute Gasteiger partial charge is 0.267 e. The number of hydrogen-bond acceptors (Lipinski definition) is 4. The Morgan fingerprint density at radius 3 is 2.54 bits per heavy atom. The van der Waals surface area contributed by atoms with Crippen molar-refractivity contribution >= 4 is 11.6 Å². The van der Waals surface area contributed by atoms with Crippen LogP contribution < -0.4 is 15.0 Å². The van der Waals surface area contributed by atoms with E-state index in [2.05, 4.69) is 5.10 Å². The van der Waals surface area contributed by atoms with Crippen LogP contribution in [-0.2, 0) is 6.54 Å². The molecule has 0 bridgehead atoms. The molecule has 0 atom stereocenters. The molecule has 7 heteroatoms. The summed E-state index contributed by atoms with van der Waals surface area (Å²) < 4.78 is 25.7. The molecule has 3 aromatic rings. The van der Waals surface area contributed by atoms with Crippen molar-refractivity contribution in [1.82, 2.24) is 9.78 Å². The lowest BCUT2D eigenvalue weighted by molar-refractivity contribution is 0.355. The Hall–Kier alpha value is -2.86. The maximum Gasteiger partial charge on any atom is 0.267 e. The monoisotopic (exact) mass is 374 g/mol. The van der Waals surface area contributed by atoms with Gasteiger partial charge < -0.3 is 9.47 Å². The summed E-state index contributed by atoms with van der Waals surface area (Å²) in [5, 5.41) is 4.58. The highest BCUT2D eigenvalue weighted by Gasteiger charge is 2.12. The molecule has 0 saturated heterocycles. The Morgan fingerprint density at radius 2 is 1.85 bits per heavy atom. The van der Waals surface area contributed by atoms with Gasteiger partial charge in [0, 0.05) is 22.2 Å². The van der Waals surface area contributed by atoms with Gasteiger partial charge in [0.05, 0.1) is 26.5 Å². The molecule has 0 spiro atoms. The average Bonchev–Trinajstić information content (AvgIpc) is 2.65. The standard InChI is InChI=1S/C19H16ClFN2O3/c1-25-17-8-6-12(10-18(17)26-2)16-7-9-19(24)23(22-16)11-13-14(20)4-3-5-15(13)21/h3-10H,11H2,1-2H3. The summed E-state index contributed by atoms with van der Waals surface area (Å²) in [7, 11) is 3.09. The zero-order valence-corrected chi connectivity index (χ0v) is 15.0. The molecule has 1 heterocycles. The summed E-state index contributed by atoms with van der Waals surface area (Å²) in [5.74, 6) is 0.645. The van der Waals surface area contributed by atoms with Crippen molar-refractivity contribution < 1.29 is 13.9 Å². The maximum absolute atomic E-state index is 14.0. The number of methoxy groups -OCH3 is 2. The van der Waals surface area contributed by atoms with Crippen LogP contribution in [0.15, 0.2) is 53.3 Å². The van der Waals surface area contributed by atoms with E-state index in [1.54, 1.807) is 37.4 Å². The van der Waals surface area contributed by atoms with Gasteiger partial charge in [0.2, 0.25) is 0 Å². The highest BCUT2D eigenvalue weighted by molar-refractivity contribution is 6.31. The summed E-state index contributed by atoms with van der Waals surface area (Å²) in [6.07, 6.45) is 0. The molecule has 26 heavy (non-hydrogen) atoms. The van der Waals surface area contributed by atoms with Crippen molar-refractivity contribution in [2.45, 2.75) is 6.54 Å². The highest BCUT2D eigenvalue weighted by atomic mass is 35.5. The van der Waals surface area contributed by atoms with Crippen LogP contribution in [-0.4, -0.2) is 24.0 Å². The van der Waals surface area contributed by atoms with E-state index >= 15 is 0 Å². The summed E-state index contributed by atoms with van der Waals surface area (Å²) >= 11 is 6.05. The van der Waals surface area contributed by atoms with Crippen LogP contribution in [0.2, 0.25) is 5.02 Å². The predicted octanol–water partition coefficient (Wildman–Crippen LogP) is 3.77. The fraction of sp³-hybridized carbons (Fsp3) is 0.158. The lowest BCUT2D eigenvalue weighted by Gasteiger charge is -2.11. The van der Waals surface area contributed by atoms with Crippen molar-refractivity contribution in [2.24, 2.45) is 0 Å². The Bertz CT molecular complexity index is 984. The molecule has 0 aliphatic heterocycles. The van der Waals surface area contributed by atoms with E-state index in [0.717, 1.165) is 5.56 Å². The van der Waals surface area contributed by atoms with E-state index in [1.807, 2.05) is 0 Å². The van der Waals surface area contributed by atoms with Crippen LogP contribution in [0.25, 0.3) is 11.3 Å². The van der Waals surface area contributed by atoms with Gasteiger partial charge in [-0.2, -0.15) is 5.10 Å². The minimum Gasteiger partial charge on any atom is -0.493 e. The van der Waals surface area contributed by atoms with E-state index in [0.29, 0.717) is 17.2 Å². The minimum atomic E-state index is -0.484. The molecule has 0 amide bonds. The first kappa shape index (κ1) is 17.9. The molecule has 0 unspecified atom stereocenters. The number of hydrogen-bond donors (Lipinski definition) is 0. The van der Waals surface area contributed by atoms with Crippen LogP contribution in [0.1, 0.15) is 5.56 Å². The molecule has 0 fully saturated rings. The molecular formula is C19H16ClFN2O3. The summed E-state index contributed by atoms with van der Waals surface area (Å²) in [6, 6.07) is 12.7. The van der Waals surface area contributed by atoms with Crippen molar-refractivity contribution in [3.63, 3.8) is 0 Å². The van der Waals surface area contributed by atoms with Gasteiger partial charge in [0.15, 0.2) is 11.5 Å². The molecule has 134 valence electrons. The summed E-state index contributed by atoms with van der Waals surface area (Å²) in [5.41, 5.74) is 1.14. The second-order valence-corrected chi connectivity index (χ2v) is 5.89. The lowest BCUT2D eigenvalue weighted by atomic mass is 10.1. The average molecular weight is 375 g/mol. The van der Waals surface area contributed by atoms with Crippen LogP contribution in [0.5, 0.6) is 11.5 Å². The molecule has 3 rings (SSSR count). The van der Waals surface area contributed by atoms with Gasteiger partial charge in [-0.1, -0.05) is 17.7 Å². The fourth-order valence-electron chi connectivity index (χ4n) is 2.54. The minimum absolute atomic E-state index is 0.0640. The molecule has 0 N–H and O–H groups in total. The molecule has 0 aliphatic carbocycles. The van der Waals surface area contributed by atoms with E-state index in [1.165, 1.54) is 30.0 Å². The van der Waals surface area contributed by atoms with Crippen molar-refractivity contribution in [2.75, 3.05) is 14.2 Å². The molecule has 0 saturated carbocycles. The third-order valence-corrected chi connectivity index (χ3v) is 4.27. The largest absolute Gasteiger partial charge is 0.493 e. The number of nitrogens with zero attached hydrogens (tertiary/aromatic N) is 2. The first-order chi connectivity index (χ1) is 12.5. The molecule has 0 radical (unpaired) electrons. The number of aromatic nitrogens is 2. The Balaban J connectivity index is 2.02. The molecule has 5 nitrogen and oxygen atoms in total. The topological polar surface area (TPSA) is 53.4 Å². The van der Waals surface area contributed by atoms with Crippen molar-refractivity contribution in [3.8, 4) is 22.8 Å². The zero-order chi connectivity index (χ0) is 18.7. The maximum atomic E-state index is 14.0. The molecule has 2 aromatic carbocycles. The number of halogens is 2. The van der Waals surface area contributed by atoms with E-state index < -0.39 is 5.82 Å². The quantitative estimate of drug-likeness (QED) is 0.682. The van der Waals surface area contributed by atoms with Crippen LogP contribution >= 0.6 is 11.6 Å². The van der Waals surface area contributed by atoms with E-state index in [4.69, 9.17) is 21.1 Å². The molecule has 0 aliphatic rings. The normalized spacial score (nSPS) is 10.6. The summed E-state index contributed by atoms with van der Waals surface area (Å²) in [6.45, 7) is -0.0640. The summed E-state index contributed by atoms with van der Waals surface area (Å²) in [4.78, 5) is 12.1. The first-order valence-electron chi connectivity index (χ1n) is 7.77. The lowest BCUT2D eigenvalue weighted by Crippen LogP contribution is -2.23. The highest BCUT2D eigenvalue weighted by Crippen LogP contribution is 2.31. The van der Waals surface area contributed by atoms with E-state index in [-0.39, 0.29) is 22.7 Å². The van der Waals surface area contributed by atoms with Crippen molar-refractivity contribution in [1.29, 1.82) is 0 Å². The molecule has 1 aromatic heterocycles. The SMILES string of the molecule is COc1ccc(-c2ccc(=O)n(Cc3c(F)cccc3Cl)n2)cc1OC. The van der Waals surface area contributed by atoms with Crippen LogP contribution in [0.3, 0.4) is 0 Å². The van der Waals surface area contributed by atoms with Gasteiger partial charge in [0.25, 0.3) is 5.56 Å². The Kier molecular flexibility index (Phi) is 5.23. The predicted molar refractivity (Wildman–Crippen MR) is 97.5 cm³/mol. The van der Waals surface area contributed by atoms with Crippen molar-refractivity contribution in [3.05, 3.63) is 75.3 Å². The van der Waals surface area contributed by atoms with Crippen LogP contribution in [0.4, 0.5) is 4.39 Å². The zero-order valence-electron chi connectivity index (χ0n) is 14.2. The van der Waals surface area contributed by atoms with Gasteiger partial charge in [-0.05, 0) is 36.4 Å². The van der Waals surface area contributed by atoms with Gasteiger partial charge in [-0.3, -0.25) is 4.79 Å². The second-order valence-electron chi connectivity index (χ2n) is 5.48.